The first kappa shape index (κ1) is 17.7. The summed E-state index contributed by atoms with van der Waals surface area (Å²) in [5.41, 5.74) is 1.38. The summed E-state index contributed by atoms with van der Waals surface area (Å²) >= 11 is 5.95. The number of aryl methyl sites for hydroxylation is 1. The molecule has 2 saturated heterocycles. The van der Waals surface area contributed by atoms with E-state index < -0.39 is 0 Å². The van der Waals surface area contributed by atoms with E-state index in [0.717, 1.165) is 39.1 Å². The van der Waals surface area contributed by atoms with Crippen molar-refractivity contribution in [3.05, 3.63) is 16.5 Å². The Labute approximate surface area is 147 Å². The van der Waals surface area contributed by atoms with Gasteiger partial charge in [-0.15, -0.1) is 0 Å². The third-order valence-electron chi connectivity index (χ3n) is 5.34. The Morgan fingerprint density at radius 3 is 2.62 bits per heavy atom. The minimum atomic E-state index is -0.0360. The maximum absolute atomic E-state index is 12.4. The number of halogens is 1. The molecule has 0 bridgehead atoms. The Kier molecular flexibility index (Phi) is 5.79. The summed E-state index contributed by atoms with van der Waals surface area (Å²) in [6.45, 7) is 6.23. The molecule has 7 heteroatoms. The molecule has 0 aromatic carbocycles. The van der Waals surface area contributed by atoms with E-state index in [0.29, 0.717) is 17.8 Å². The molecule has 1 amide bonds. The molecule has 0 atom stereocenters. The van der Waals surface area contributed by atoms with Gasteiger partial charge in [0.15, 0.2) is 0 Å². The average molecular weight is 356 g/mol. The van der Waals surface area contributed by atoms with Gasteiger partial charge in [0, 0.05) is 30.9 Å². The maximum atomic E-state index is 12.4. The zero-order valence-corrected chi connectivity index (χ0v) is 15.0. The molecule has 2 aliphatic rings. The van der Waals surface area contributed by atoms with Gasteiger partial charge in [0.2, 0.25) is 11.1 Å². The van der Waals surface area contributed by atoms with Crippen molar-refractivity contribution in [3.63, 3.8) is 0 Å². The van der Waals surface area contributed by atoms with Crippen molar-refractivity contribution in [2.75, 3.05) is 32.8 Å². The van der Waals surface area contributed by atoms with Crippen LogP contribution in [0.2, 0.25) is 5.22 Å². The molecular weight excluding hydrogens is 330 g/mol. The number of nitrogens with one attached hydrogen (secondary N) is 1. The normalized spacial score (nSPS) is 21.6. The smallest absolute Gasteiger partial charge is 0.229 e. The van der Waals surface area contributed by atoms with Gasteiger partial charge in [-0.25, -0.2) is 0 Å². The predicted molar refractivity (Wildman–Crippen MR) is 91.2 cm³/mol. The molecule has 1 aromatic heterocycles. The fourth-order valence-electron chi connectivity index (χ4n) is 3.77. The Hall–Kier alpha value is -1.11. The van der Waals surface area contributed by atoms with Crippen molar-refractivity contribution in [1.29, 1.82) is 0 Å². The molecule has 1 aromatic rings. The molecule has 0 spiro atoms. The van der Waals surface area contributed by atoms with Crippen LogP contribution < -0.4 is 5.32 Å². The van der Waals surface area contributed by atoms with Crippen LogP contribution in [0.4, 0.5) is 0 Å². The lowest BCUT2D eigenvalue weighted by Gasteiger charge is -2.48. The van der Waals surface area contributed by atoms with E-state index in [-0.39, 0.29) is 23.1 Å². The van der Waals surface area contributed by atoms with Crippen LogP contribution >= 0.6 is 11.6 Å². The van der Waals surface area contributed by atoms with Gasteiger partial charge in [-0.1, -0.05) is 11.6 Å². The lowest BCUT2D eigenvalue weighted by molar-refractivity contribution is -0.122. The van der Waals surface area contributed by atoms with Gasteiger partial charge < -0.3 is 14.6 Å². The summed E-state index contributed by atoms with van der Waals surface area (Å²) in [6.07, 6.45) is 5.94. The van der Waals surface area contributed by atoms with Crippen LogP contribution in [0.3, 0.4) is 0 Å². The third kappa shape index (κ3) is 3.92. The van der Waals surface area contributed by atoms with Gasteiger partial charge in [0.05, 0.1) is 12.1 Å². The lowest BCUT2D eigenvalue weighted by atomic mass is 9.86. The monoisotopic (exact) mass is 355 g/mol. The van der Waals surface area contributed by atoms with E-state index in [4.69, 9.17) is 20.9 Å². The van der Waals surface area contributed by atoms with Crippen molar-refractivity contribution in [2.45, 2.75) is 51.0 Å². The zero-order chi connectivity index (χ0) is 17.0. The molecule has 3 rings (SSSR count). The second kappa shape index (κ2) is 7.85. The summed E-state index contributed by atoms with van der Waals surface area (Å²) < 4.78 is 10.5. The van der Waals surface area contributed by atoms with Gasteiger partial charge in [-0.2, -0.15) is 0 Å². The van der Waals surface area contributed by atoms with E-state index in [2.05, 4.69) is 15.4 Å². The number of hydrogen-bond acceptors (Lipinski definition) is 5. The first-order valence-electron chi connectivity index (χ1n) is 8.81. The van der Waals surface area contributed by atoms with Crippen molar-refractivity contribution < 1.29 is 14.1 Å². The van der Waals surface area contributed by atoms with E-state index in [1.54, 1.807) is 6.92 Å². The molecule has 0 aliphatic carbocycles. The molecule has 0 unspecified atom stereocenters. The predicted octanol–water partition coefficient (Wildman–Crippen LogP) is 2.33. The Morgan fingerprint density at radius 2 is 2.00 bits per heavy atom. The minimum Gasteiger partial charge on any atom is -0.381 e. The fourth-order valence-corrected chi connectivity index (χ4v) is 4.01. The number of aromatic nitrogens is 1. The topological polar surface area (TPSA) is 67.6 Å². The van der Waals surface area contributed by atoms with Crippen LogP contribution in [0.5, 0.6) is 0 Å². The molecule has 6 nitrogen and oxygen atoms in total. The summed E-state index contributed by atoms with van der Waals surface area (Å²) in [7, 11) is 0. The standard InChI is InChI=1S/C17H26ClN3O3/c1-13-14(16(18)24-20-13)11-15(22)19-12-17(5-9-23-10-6-17)21-7-3-2-4-8-21/h2-12H2,1H3,(H,19,22). The Balaban J connectivity index is 1.61. The number of nitrogens with zero attached hydrogens (tertiary/aromatic N) is 2. The van der Waals surface area contributed by atoms with Crippen molar-refractivity contribution >= 4 is 17.5 Å². The van der Waals surface area contributed by atoms with E-state index >= 15 is 0 Å². The largest absolute Gasteiger partial charge is 0.381 e. The number of piperidine rings is 1. The van der Waals surface area contributed by atoms with Gasteiger partial charge in [-0.05, 0) is 57.3 Å². The van der Waals surface area contributed by atoms with Crippen molar-refractivity contribution in [3.8, 4) is 0 Å². The molecular formula is C17H26ClN3O3. The van der Waals surface area contributed by atoms with Crippen LogP contribution in [0.1, 0.15) is 43.4 Å². The number of amides is 1. The minimum absolute atomic E-state index is 0.0296. The Bertz CT molecular complexity index is 544. The molecule has 3 heterocycles. The molecule has 0 saturated carbocycles. The zero-order valence-electron chi connectivity index (χ0n) is 14.3. The van der Waals surface area contributed by atoms with Gasteiger partial charge in [0.1, 0.15) is 0 Å². The number of carbonyl (C=O) groups is 1. The number of carbonyl (C=O) groups excluding carboxylic acids is 1. The molecule has 2 aliphatic heterocycles. The van der Waals surface area contributed by atoms with Gasteiger partial charge >= 0.3 is 0 Å². The van der Waals surface area contributed by atoms with Crippen LogP contribution in [-0.4, -0.2) is 54.4 Å². The van der Waals surface area contributed by atoms with Gasteiger partial charge in [-0.3, -0.25) is 9.69 Å². The van der Waals surface area contributed by atoms with Crippen LogP contribution in [-0.2, 0) is 16.0 Å². The molecule has 1 N–H and O–H groups in total. The maximum Gasteiger partial charge on any atom is 0.229 e. The van der Waals surface area contributed by atoms with Crippen molar-refractivity contribution in [2.24, 2.45) is 0 Å². The van der Waals surface area contributed by atoms with Crippen molar-refractivity contribution in [1.82, 2.24) is 15.4 Å². The highest BCUT2D eigenvalue weighted by Gasteiger charge is 2.39. The van der Waals surface area contributed by atoms with Crippen LogP contribution in [0.15, 0.2) is 4.52 Å². The summed E-state index contributed by atoms with van der Waals surface area (Å²) in [5.74, 6) is -0.0360. The number of likely N-dealkylation sites (tertiary alicyclic amines) is 1. The van der Waals surface area contributed by atoms with Crippen LogP contribution in [0, 0.1) is 6.92 Å². The molecule has 24 heavy (non-hydrogen) atoms. The highest BCUT2D eigenvalue weighted by atomic mass is 35.5. The summed E-state index contributed by atoms with van der Waals surface area (Å²) in [4.78, 5) is 15.0. The molecule has 0 radical (unpaired) electrons. The highest BCUT2D eigenvalue weighted by Crippen LogP contribution is 2.30. The fraction of sp³-hybridized carbons (Fsp3) is 0.765. The first-order valence-corrected chi connectivity index (χ1v) is 9.19. The number of ether oxygens (including phenoxy) is 1. The highest BCUT2D eigenvalue weighted by molar-refractivity contribution is 6.29. The molecule has 2 fully saturated rings. The van der Waals surface area contributed by atoms with E-state index in [1.165, 1.54) is 19.3 Å². The Morgan fingerprint density at radius 1 is 1.29 bits per heavy atom. The number of rotatable bonds is 5. The second-order valence-corrected chi connectivity index (χ2v) is 7.20. The lowest BCUT2D eigenvalue weighted by Crippen LogP contribution is -2.59. The number of hydrogen-bond donors (Lipinski definition) is 1. The average Bonchev–Trinajstić information content (AvgIpc) is 2.93. The van der Waals surface area contributed by atoms with Crippen LogP contribution in [0.25, 0.3) is 0 Å². The second-order valence-electron chi connectivity index (χ2n) is 6.86. The van der Waals surface area contributed by atoms with Gasteiger partial charge in [0.25, 0.3) is 0 Å². The third-order valence-corrected chi connectivity index (χ3v) is 5.64. The molecule has 134 valence electrons. The SMILES string of the molecule is Cc1noc(Cl)c1CC(=O)NCC1(N2CCCCC2)CCOCC1. The summed E-state index contributed by atoms with van der Waals surface area (Å²) in [5, 5.41) is 7.12. The first-order chi connectivity index (χ1) is 11.6. The quantitative estimate of drug-likeness (QED) is 0.878. The van der Waals surface area contributed by atoms with E-state index in [1.807, 2.05) is 0 Å². The van der Waals surface area contributed by atoms with E-state index in [9.17, 15) is 4.79 Å². The summed E-state index contributed by atoms with van der Waals surface area (Å²) in [6, 6.07) is 0.